The quantitative estimate of drug-likeness (QED) is 0.800. The number of benzene rings is 1. The third kappa shape index (κ3) is 4.41. The number of sulfonamides is 1. The smallest absolute Gasteiger partial charge is 0.231 e. The van der Waals surface area contributed by atoms with Crippen LogP contribution in [0.3, 0.4) is 0 Å². The second kappa shape index (κ2) is 7.59. The standard InChI is InChI=1S/C18H24N4O4S/c1-21-15-10-11-22(12-14(15)18(19-21)20-27(3,24)25)17(23)9-8-13-6-4-5-7-16(13)26-2/h4-7H,8-12H2,1-3H3,(H,19,20). The zero-order valence-corrected chi connectivity index (χ0v) is 16.5. The van der Waals surface area contributed by atoms with Crippen LogP contribution in [0.4, 0.5) is 5.82 Å². The van der Waals surface area contributed by atoms with Gasteiger partial charge in [-0.2, -0.15) is 5.10 Å². The first-order chi connectivity index (χ1) is 12.8. The molecule has 2 heterocycles. The molecule has 3 rings (SSSR count). The molecule has 0 spiro atoms. The second-order valence-electron chi connectivity index (χ2n) is 6.65. The van der Waals surface area contributed by atoms with Crippen molar-refractivity contribution in [2.24, 2.45) is 7.05 Å². The highest BCUT2D eigenvalue weighted by Gasteiger charge is 2.27. The lowest BCUT2D eigenvalue weighted by molar-refractivity contribution is -0.132. The molecule has 1 aliphatic rings. The Morgan fingerprint density at radius 3 is 2.78 bits per heavy atom. The van der Waals surface area contributed by atoms with Crippen molar-refractivity contribution in [1.82, 2.24) is 14.7 Å². The molecule has 1 aromatic heterocycles. The molecule has 2 aromatic rings. The van der Waals surface area contributed by atoms with E-state index in [-0.39, 0.29) is 5.91 Å². The van der Waals surface area contributed by atoms with Gasteiger partial charge in [0.05, 0.1) is 19.9 Å². The minimum absolute atomic E-state index is 0.0284. The zero-order chi connectivity index (χ0) is 19.6. The highest BCUT2D eigenvalue weighted by atomic mass is 32.2. The van der Waals surface area contributed by atoms with E-state index in [0.717, 1.165) is 28.8 Å². The summed E-state index contributed by atoms with van der Waals surface area (Å²) in [6, 6.07) is 7.66. The summed E-state index contributed by atoms with van der Waals surface area (Å²) in [5.74, 6) is 1.11. The number of anilines is 1. The Hall–Kier alpha value is -2.55. The molecule has 1 aromatic carbocycles. The number of ether oxygens (including phenoxy) is 1. The molecule has 0 saturated heterocycles. The Morgan fingerprint density at radius 1 is 1.33 bits per heavy atom. The van der Waals surface area contributed by atoms with Gasteiger partial charge in [-0.15, -0.1) is 0 Å². The number of hydrogen-bond donors (Lipinski definition) is 1. The summed E-state index contributed by atoms with van der Waals surface area (Å²) < 4.78 is 32.6. The van der Waals surface area contributed by atoms with Crippen molar-refractivity contribution in [2.75, 3.05) is 24.6 Å². The number of fused-ring (bicyclic) bond motifs is 1. The molecule has 0 unspecified atom stereocenters. The summed E-state index contributed by atoms with van der Waals surface area (Å²) in [5, 5.41) is 4.26. The van der Waals surface area contributed by atoms with Crippen molar-refractivity contribution in [3.05, 3.63) is 41.1 Å². The predicted molar refractivity (Wildman–Crippen MR) is 102 cm³/mol. The third-order valence-corrected chi connectivity index (χ3v) is 5.24. The Kier molecular flexibility index (Phi) is 5.41. The van der Waals surface area contributed by atoms with E-state index in [0.29, 0.717) is 38.2 Å². The van der Waals surface area contributed by atoms with Crippen LogP contribution in [0.1, 0.15) is 23.2 Å². The normalized spacial score (nSPS) is 14.0. The molecule has 0 saturated carbocycles. The van der Waals surface area contributed by atoms with E-state index >= 15 is 0 Å². The second-order valence-corrected chi connectivity index (χ2v) is 8.40. The number of aryl methyl sites for hydroxylation is 2. The summed E-state index contributed by atoms with van der Waals surface area (Å²) in [6.07, 6.45) is 2.69. The summed E-state index contributed by atoms with van der Waals surface area (Å²) in [5.41, 5.74) is 2.71. The number of rotatable bonds is 6. The van der Waals surface area contributed by atoms with Gasteiger partial charge in [0.2, 0.25) is 15.9 Å². The topological polar surface area (TPSA) is 93.5 Å². The molecule has 146 valence electrons. The Labute approximate surface area is 159 Å². The average molecular weight is 392 g/mol. The van der Waals surface area contributed by atoms with E-state index in [1.54, 1.807) is 23.7 Å². The van der Waals surface area contributed by atoms with Gasteiger partial charge in [-0.05, 0) is 18.1 Å². The van der Waals surface area contributed by atoms with Crippen molar-refractivity contribution in [2.45, 2.75) is 25.8 Å². The fraction of sp³-hybridized carbons (Fsp3) is 0.444. The number of para-hydroxylation sites is 1. The van der Waals surface area contributed by atoms with Crippen LogP contribution in [0.5, 0.6) is 5.75 Å². The summed E-state index contributed by atoms with van der Waals surface area (Å²) in [7, 11) is -0.0324. The molecular formula is C18H24N4O4S. The van der Waals surface area contributed by atoms with Gasteiger partial charge in [0.25, 0.3) is 0 Å². The van der Waals surface area contributed by atoms with Gasteiger partial charge < -0.3 is 9.64 Å². The average Bonchev–Trinajstić information content (AvgIpc) is 2.93. The van der Waals surface area contributed by atoms with Crippen LogP contribution >= 0.6 is 0 Å². The Balaban J connectivity index is 1.71. The van der Waals surface area contributed by atoms with E-state index in [1.165, 1.54) is 0 Å². The number of hydrogen-bond acceptors (Lipinski definition) is 5. The molecule has 0 atom stereocenters. The first kappa shape index (κ1) is 19.2. The molecule has 1 amide bonds. The van der Waals surface area contributed by atoms with E-state index in [2.05, 4.69) is 9.82 Å². The Morgan fingerprint density at radius 2 is 2.07 bits per heavy atom. The highest BCUT2D eigenvalue weighted by Crippen LogP contribution is 2.27. The molecule has 0 radical (unpaired) electrons. The van der Waals surface area contributed by atoms with Crippen LogP contribution in [0.2, 0.25) is 0 Å². The molecule has 9 heteroatoms. The predicted octanol–water partition coefficient (Wildman–Crippen LogP) is 1.32. The van der Waals surface area contributed by atoms with Crippen molar-refractivity contribution in [3.8, 4) is 5.75 Å². The first-order valence-corrected chi connectivity index (χ1v) is 10.6. The summed E-state index contributed by atoms with van der Waals surface area (Å²) >= 11 is 0. The third-order valence-electron chi connectivity index (χ3n) is 4.68. The van der Waals surface area contributed by atoms with E-state index in [4.69, 9.17) is 4.74 Å². The Bertz CT molecular complexity index is 952. The van der Waals surface area contributed by atoms with Crippen LogP contribution in [0.15, 0.2) is 24.3 Å². The van der Waals surface area contributed by atoms with Gasteiger partial charge in [-0.3, -0.25) is 14.2 Å². The molecule has 8 nitrogen and oxygen atoms in total. The lowest BCUT2D eigenvalue weighted by Crippen LogP contribution is -2.36. The molecule has 1 N–H and O–H groups in total. The molecule has 0 bridgehead atoms. The van der Waals surface area contributed by atoms with Gasteiger partial charge in [-0.1, -0.05) is 18.2 Å². The van der Waals surface area contributed by atoms with Crippen LogP contribution < -0.4 is 9.46 Å². The largest absolute Gasteiger partial charge is 0.496 e. The van der Waals surface area contributed by atoms with E-state index < -0.39 is 10.0 Å². The minimum Gasteiger partial charge on any atom is -0.496 e. The monoisotopic (exact) mass is 392 g/mol. The van der Waals surface area contributed by atoms with Gasteiger partial charge >= 0.3 is 0 Å². The number of amides is 1. The van der Waals surface area contributed by atoms with Crippen molar-refractivity contribution >= 4 is 21.7 Å². The van der Waals surface area contributed by atoms with Gasteiger partial charge in [-0.25, -0.2) is 8.42 Å². The molecule has 1 aliphatic heterocycles. The van der Waals surface area contributed by atoms with Crippen LogP contribution in [-0.2, 0) is 41.3 Å². The van der Waals surface area contributed by atoms with Crippen LogP contribution in [0, 0.1) is 0 Å². The number of nitrogens with zero attached hydrogens (tertiary/aromatic N) is 3. The maximum Gasteiger partial charge on any atom is 0.231 e. The maximum absolute atomic E-state index is 12.7. The zero-order valence-electron chi connectivity index (χ0n) is 15.7. The van der Waals surface area contributed by atoms with Crippen LogP contribution in [0.25, 0.3) is 0 Å². The number of carbonyl (C=O) groups excluding carboxylic acids is 1. The molecular weight excluding hydrogens is 368 g/mol. The SMILES string of the molecule is COc1ccccc1CCC(=O)N1CCc2c(c(NS(C)(=O)=O)nn2C)C1. The van der Waals surface area contributed by atoms with Gasteiger partial charge in [0, 0.05) is 37.7 Å². The van der Waals surface area contributed by atoms with Crippen LogP contribution in [-0.4, -0.2) is 48.9 Å². The number of nitrogens with one attached hydrogen (secondary N) is 1. The van der Waals surface area contributed by atoms with Crippen molar-refractivity contribution in [1.29, 1.82) is 0 Å². The summed E-state index contributed by atoms with van der Waals surface area (Å²) in [4.78, 5) is 14.5. The lowest BCUT2D eigenvalue weighted by Gasteiger charge is -2.27. The van der Waals surface area contributed by atoms with Crippen molar-refractivity contribution < 1.29 is 17.9 Å². The maximum atomic E-state index is 12.7. The number of aromatic nitrogens is 2. The van der Waals surface area contributed by atoms with E-state index in [1.807, 2.05) is 24.3 Å². The molecule has 0 fully saturated rings. The minimum atomic E-state index is -3.43. The molecule has 0 aliphatic carbocycles. The van der Waals surface area contributed by atoms with Crippen molar-refractivity contribution in [3.63, 3.8) is 0 Å². The van der Waals surface area contributed by atoms with Gasteiger partial charge in [0.15, 0.2) is 5.82 Å². The highest BCUT2D eigenvalue weighted by molar-refractivity contribution is 7.92. The number of methoxy groups -OCH3 is 1. The fourth-order valence-corrected chi connectivity index (χ4v) is 3.89. The lowest BCUT2D eigenvalue weighted by atomic mass is 10.0. The summed E-state index contributed by atoms with van der Waals surface area (Å²) in [6.45, 7) is 0.946. The van der Waals surface area contributed by atoms with Gasteiger partial charge in [0.1, 0.15) is 5.75 Å². The molecule has 27 heavy (non-hydrogen) atoms. The number of carbonyl (C=O) groups is 1. The fourth-order valence-electron chi connectivity index (χ4n) is 3.37. The first-order valence-electron chi connectivity index (χ1n) is 8.70. The van der Waals surface area contributed by atoms with E-state index in [9.17, 15) is 13.2 Å².